The lowest BCUT2D eigenvalue weighted by Gasteiger charge is -2.15. The lowest BCUT2D eigenvalue weighted by molar-refractivity contribution is 0.0742. The van der Waals surface area contributed by atoms with Gasteiger partial charge in [0.15, 0.2) is 0 Å². The molecular formula is C9H11N3O2. The average Bonchev–Trinajstić information content (AvgIpc) is 2.26. The van der Waals surface area contributed by atoms with Crippen molar-refractivity contribution in [2.75, 3.05) is 6.61 Å². The van der Waals surface area contributed by atoms with Gasteiger partial charge in [-0.1, -0.05) is 35.4 Å². The van der Waals surface area contributed by atoms with Gasteiger partial charge in [-0.05, 0) is 11.1 Å². The summed E-state index contributed by atoms with van der Waals surface area (Å²) in [5.41, 5.74) is 8.99. The van der Waals surface area contributed by atoms with Crippen LogP contribution in [0.2, 0.25) is 0 Å². The molecule has 0 radical (unpaired) electrons. The predicted molar refractivity (Wildman–Crippen MR) is 51.4 cm³/mol. The maximum Gasteiger partial charge on any atom is 0.0907 e. The fourth-order valence-electron chi connectivity index (χ4n) is 1.17. The monoisotopic (exact) mass is 193 g/mol. The third kappa shape index (κ3) is 2.47. The molecule has 0 bridgehead atoms. The molecule has 74 valence electrons. The number of hydrogen-bond donors (Lipinski definition) is 2. The smallest absolute Gasteiger partial charge is 0.0907 e. The molecule has 0 aliphatic rings. The molecule has 1 rings (SSSR count). The van der Waals surface area contributed by atoms with Gasteiger partial charge in [-0.2, -0.15) is 0 Å². The summed E-state index contributed by atoms with van der Waals surface area (Å²) in [6.07, 6.45) is -1.06. The van der Waals surface area contributed by atoms with Gasteiger partial charge in [0.25, 0.3) is 0 Å². The molecule has 0 amide bonds. The van der Waals surface area contributed by atoms with Crippen molar-refractivity contribution in [1.29, 1.82) is 0 Å². The van der Waals surface area contributed by atoms with Gasteiger partial charge in [0.05, 0.1) is 18.8 Å². The lowest BCUT2D eigenvalue weighted by atomic mass is 10.0. The second-order valence-electron chi connectivity index (χ2n) is 2.81. The van der Waals surface area contributed by atoms with Crippen molar-refractivity contribution in [3.8, 4) is 0 Å². The topological polar surface area (TPSA) is 89.2 Å². The summed E-state index contributed by atoms with van der Waals surface area (Å²) in [5.74, 6) is 0. The van der Waals surface area contributed by atoms with E-state index in [1.165, 1.54) is 0 Å². The van der Waals surface area contributed by atoms with E-state index >= 15 is 0 Å². The van der Waals surface area contributed by atoms with Crippen LogP contribution in [0.1, 0.15) is 11.6 Å². The van der Waals surface area contributed by atoms with Crippen LogP contribution >= 0.6 is 0 Å². The summed E-state index contributed by atoms with van der Waals surface area (Å²) in [6.45, 7) is -0.432. The van der Waals surface area contributed by atoms with E-state index < -0.39 is 18.8 Å². The fourth-order valence-corrected chi connectivity index (χ4v) is 1.17. The molecule has 0 aliphatic carbocycles. The molecule has 2 N–H and O–H groups in total. The summed E-state index contributed by atoms with van der Waals surface area (Å²) in [5, 5.41) is 21.6. The SMILES string of the molecule is [N-]=[N+]=N[C@H](c1ccccc1)[C@H](O)CO. The van der Waals surface area contributed by atoms with Crippen LogP contribution in [0.3, 0.4) is 0 Å². The quantitative estimate of drug-likeness (QED) is 0.430. The van der Waals surface area contributed by atoms with Crippen molar-refractivity contribution < 1.29 is 10.2 Å². The van der Waals surface area contributed by atoms with Gasteiger partial charge in [0, 0.05) is 4.91 Å². The Bertz CT molecular complexity index is 322. The highest BCUT2D eigenvalue weighted by molar-refractivity contribution is 5.20. The Morgan fingerprint density at radius 3 is 2.50 bits per heavy atom. The van der Waals surface area contributed by atoms with Crippen molar-refractivity contribution in [3.63, 3.8) is 0 Å². The zero-order valence-electron chi connectivity index (χ0n) is 7.48. The molecule has 0 heterocycles. The molecule has 14 heavy (non-hydrogen) atoms. The number of hydrogen-bond acceptors (Lipinski definition) is 3. The first kappa shape index (κ1) is 10.5. The van der Waals surface area contributed by atoms with Crippen molar-refractivity contribution in [2.45, 2.75) is 12.1 Å². The maximum atomic E-state index is 9.39. The highest BCUT2D eigenvalue weighted by atomic mass is 16.3. The average molecular weight is 193 g/mol. The summed E-state index contributed by atoms with van der Waals surface area (Å²) in [6, 6.07) is 8.11. The lowest BCUT2D eigenvalue weighted by Crippen LogP contribution is -2.20. The molecule has 0 fully saturated rings. The first-order valence-corrected chi connectivity index (χ1v) is 4.17. The second kappa shape index (κ2) is 5.24. The fraction of sp³-hybridized carbons (Fsp3) is 0.333. The Labute approximate surface area is 81.2 Å². The number of rotatable bonds is 4. The van der Waals surface area contributed by atoms with Gasteiger partial charge in [-0.15, -0.1) is 0 Å². The molecule has 0 saturated heterocycles. The Kier molecular flexibility index (Phi) is 3.94. The van der Waals surface area contributed by atoms with E-state index in [9.17, 15) is 5.11 Å². The zero-order chi connectivity index (χ0) is 10.4. The minimum absolute atomic E-state index is 0.432. The van der Waals surface area contributed by atoms with E-state index in [-0.39, 0.29) is 0 Å². The van der Waals surface area contributed by atoms with Crippen LogP contribution in [-0.2, 0) is 0 Å². The largest absolute Gasteiger partial charge is 0.394 e. The molecule has 1 aromatic rings. The Morgan fingerprint density at radius 2 is 2.00 bits per heavy atom. The third-order valence-corrected chi connectivity index (χ3v) is 1.87. The van der Waals surface area contributed by atoms with Crippen molar-refractivity contribution in [3.05, 3.63) is 46.3 Å². The van der Waals surface area contributed by atoms with Crippen LogP contribution in [0, 0.1) is 0 Å². The van der Waals surface area contributed by atoms with Crippen molar-refractivity contribution in [2.24, 2.45) is 5.11 Å². The molecule has 5 nitrogen and oxygen atoms in total. The summed E-state index contributed by atoms with van der Waals surface area (Å²) < 4.78 is 0. The van der Waals surface area contributed by atoms with Crippen LogP contribution in [-0.4, -0.2) is 22.9 Å². The summed E-state index contributed by atoms with van der Waals surface area (Å²) in [7, 11) is 0. The van der Waals surface area contributed by atoms with Gasteiger partial charge in [-0.25, -0.2) is 0 Å². The molecule has 5 heteroatoms. The number of azide groups is 1. The minimum Gasteiger partial charge on any atom is -0.394 e. The van der Waals surface area contributed by atoms with Crippen LogP contribution < -0.4 is 0 Å². The van der Waals surface area contributed by atoms with Crippen LogP contribution in [0.25, 0.3) is 10.4 Å². The highest BCUT2D eigenvalue weighted by Gasteiger charge is 2.18. The molecule has 1 aromatic carbocycles. The van der Waals surface area contributed by atoms with Gasteiger partial charge < -0.3 is 10.2 Å². The molecular weight excluding hydrogens is 182 g/mol. The van der Waals surface area contributed by atoms with Gasteiger partial charge in [0.2, 0.25) is 0 Å². The van der Waals surface area contributed by atoms with E-state index in [4.69, 9.17) is 10.6 Å². The molecule has 0 aliphatic heterocycles. The van der Waals surface area contributed by atoms with E-state index in [2.05, 4.69) is 10.0 Å². The molecule has 0 saturated carbocycles. The summed E-state index contributed by atoms with van der Waals surface area (Å²) in [4.78, 5) is 2.64. The van der Waals surface area contributed by atoms with Crippen molar-refractivity contribution in [1.82, 2.24) is 0 Å². The van der Waals surface area contributed by atoms with Gasteiger partial charge in [-0.3, -0.25) is 0 Å². The van der Waals surface area contributed by atoms with Crippen LogP contribution in [0.4, 0.5) is 0 Å². The maximum absolute atomic E-state index is 9.39. The van der Waals surface area contributed by atoms with E-state index in [0.29, 0.717) is 5.56 Å². The highest BCUT2D eigenvalue weighted by Crippen LogP contribution is 2.20. The zero-order valence-corrected chi connectivity index (χ0v) is 7.48. The molecule has 2 atom stereocenters. The van der Waals surface area contributed by atoms with Crippen LogP contribution in [0.15, 0.2) is 35.4 Å². The summed E-state index contributed by atoms with van der Waals surface area (Å²) >= 11 is 0. The number of nitrogens with zero attached hydrogens (tertiary/aromatic N) is 3. The Hall–Kier alpha value is -1.55. The van der Waals surface area contributed by atoms with Gasteiger partial charge >= 0.3 is 0 Å². The first-order chi connectivity index (χ1) is 6.79. The number of aliphatic hydroxyl groups is 2. The number of aliphatic hydroxyl groups excluding tert-OH is 2. The van der Waals surface area contributed by atoms with E-state index in [0.717, 1.165) is 0 Å². The Balaban J connectivity index is 2.94. The number of benzene rings is 1. The normalized spacial score (nSPS) is 14.1. The van der Waals surface area contributed by atoms with E-state index in [1.807, 2.05) is 6.07 Å². The van der Waals surface area contributed by atoms with Gasteiger partial charge in [0.1, 0.15) is 0 Å². The molecule has 0 unspecified atom stereocenters. The molecule has 0 spiro atoms. The molecule has 0 aromatic heterocycles. The minimum atomic E-state index is -1.06. The third-order valence-electron chi connectivity index (χ3n) is 1.87. The second-order valence-corrected chi connectivity index (χ2v) is 2.81. The predicted octanol–water partition coefficient (Wildman–Crippen LogP) is 1.39. The first-order valence-electron chi connectivity index (χ1n) is 4.17. The van der Waals surface area contributed by atoms with Crippen molar-refractivity contribution >= 4 is 0 Å². The van der Waals surface area contributed by atoms with Crippen LogP contribution in [0.5, 0.6) is 0 Å². The Morgan fingerprint density at radius 1 is 1.36 bits per heavy atom. The standard InChI is InChI=1S/C9H11N3O2/c10-12-11-9(8(14)6-13)7-4-2-1-3-5-7/h1-5,8-9,13-14H,6H2/t8-,9-/m1/s1. The van der Waals surface area contributed by atoms with E-state index in [1.54, 1.807) is 24.3 Å².